The van der Waals surface area contributed by atoms with Crippen molar-refractivity contribution in [1.29, 1.82) is 0 Å². The molecule has 4 aromatic carbocycles. The first kappa shape index (κ1) is 22.7. The van der Waals surface area contributed by atoms with E-state index in [4.69, 9.17) is 4.42 Å². The van der Waals surface area contributed by atoms with E-state index in [1.807, 2.05) is 42.5 Å². The van der Waals surface area contributed by atoms with Gasteiger partial charge in [0.05, 0.1) is 12.0 Å². The first-order chi connectivity index (χ1) is 17.5. The zero-order valence-corrected chi connectivity index (χ0v) is 18.9. The van der Waals surface area contributed by atoms with Gasteiger partial charge in [-0.15, -0.1) is 0 Å². The van der Waals surface area contributed by atoms with Crippen molar-refractivity contribution in [3.63, 3.8) is 0 Å². The van der Waals surface area contributed by atoms with Gasteiger partial charge in [0.25, 0.3) is 11.8 Å². The van der Waals surface area contributed by atoms with Gasteiger partial charge in [-0.05, 0) is 52.7 Å². The maximum Gasteiger partial charge on any atom is 0.291 e. The number of hydrazine groups is 1. The smallest absolute Gasteiger partial charge is 0.291 e. The quantitative estimate of drug-likeness (QED) is 0.276. The normalized spacial score (nSPS) is 10.8. The number of rotatable bonds is 5. The molecule has 36 heavy (non-hydrogen) atoms. The monoisotopic (exact) mass is 479 g/mol. The van der Waals surface area contributed by atoms with E-state index >= 15 is 0 Å². The number of furan rings is 1. The Morgan fingerprint density at radius 1 is 0.722 bits per heavy atom. The van der Waals surface area contributed by atoms with Gasteiger partial charge in [0.1, 0.15) is 11.3 Å². The van der Waals surface area contributed by atoms with Crippen LogP contribution in [0.4, 0.5) is 5.69 Å². The third-order valence-corrected chi connectivity index (χ3v) is 5.65. The summed E-state index contributed by atoms with van der Waals surface area (Å²) in [5.41, 5.74) is 6.59. The average molecular weight is 479 g/mol. The van der Waals surface area contributed by atoms with Crippen molar-refractivity contribution in [2.24, 2.45) is 0 Å². The summed E-state index contributed by atoms with van der Waals surface area (Å²) >= 11 is 0. The van der Waals surface area contributed by atoms with Crippen LogP contribution >= 0.6 is 0 Å². The van der Waals surface area contributed by atoms with Crippen LogP contribution in [-0.4, -0.2) is 22.8 Å². The van der Waals surface area contributed by atoms with Crippen molar-refractivity contribution >= 4 is 45.2 Å². The molecule has 0 atom stereocenters. The van der Waals surface area contributed by atoms with Crippen LogP contribution < -0.4 is 16.2 Å². The van der Waals surface area contributed by atoms with E-state index in [0.29, 0.717) is 16.8 Å². The predicted molar refractivity (Wildman–Crippen MR) is 136 cm³/mol. The minimum atomic E-state index is -0.629. The lowest BCUT2D eigenvalue weighted by Gasteiger charge is -2.10. The van der Waals surface area contributed by atoms with Gasteiger partial charge >= 0.3 is 0 Å². The van der Waals surface area contributed by atoms with Gasteiger partial charge in [0, 0.05) is 11.1 Å². The minimum Gasteiger partial charge on any atom is -0.507 e. The first-order valence-electron chi connectivity index (χ1n) is 11.2. The number of carbonyl (C=O) groups excluding carboxylic acids is 3. The molecule has 0 aliphatic heterocycles. The van der Waals surface area contributed by atoms with Gasteiger partial charge in [0.15, 0.2) is 5.76 Å². The Kier molecular flexibility index (Phi) is 6.07. The molecule has 0 radical (unpaired) electrons. The van der Waals surface area contributed by atoms with Gasteiger partial charge in [-0.25, -0.2) is 0 Å². The molecule has 0 aliphatic carbocycles. The Morgan fingerprint density at radius 3 is 2.11 bits per heavy atom. The summed E-state index contributed by atoms with van der Waals surface area (Å²) in [5, 5.41) is 15.4. The summed E-state index contributed by atoms with van der Waals surface area (Å²) in [6, 6.07) is 26.2. The second-order valence-corrected chi connectivity index (χ2v) is 8.20. The first-order valence-corrected chi connectivity index (χ1v) is 11.2. The molecule has 0 saturated heterocycles. The fourth-order valence-electron chi connectivity index (χ4n) is 3.83. The van der Waals surface area contributed by atoms with E-state index in [1.165, 1.54) is 6.07 Å². The van der Waals surface area contributed by atoms with Crippen molar-refractivity contribution < 1.29 is 23.9 Å². The van der Waals surface area contributed by atoms with Crippen LogP contribution in [0.25, 0.3) is 21.7 Å². The van der Waals surface area contributed by atoms with Crippen molar-refractivity contribution in [2.45, 2.75) is 6.42 Å². The largest absolute Gasteiger partial charge is 0.507 e. The summed E-state index contributed by atoms with van der Waals surface area (Å²) in [5.74, 6) is -1.43. The minimum absolute atomic E-state index is 0.00177. The van der Waals surface area contributed by atoms with Crippen LogP contribution in [0.1, 0.15) is 26.5 Å². The van der Waals surface area contributed by atoms with Crippen molar-refractivity contribution in [3.8, 4) is 5.75 Å². The van der Waals surface area contributed by atoms with E-state index in [0.717, 1.165) is 16.2 Å². The van der Waals surface area contributed by atoms with Crippen LogP contribution in [0.2, 0.25) is 0 Å². The number of hydrogen-bond acceptors (Lipinski definition) is 5. The highest BCUT2D eigenvalue weighted by Gasteiger charge is 2.15. The Bertz CT molecular complexity index is 1570. The second kappa shape index (κ2) is 9.63. The average Bonchev–Trinajstić information content (AvgIpc) is 3.33. The fraction of sp³-hybridized carbons (Fsp3) is 0.0357. The van der Waals surface area contributed by atoms with Crippen LogP contribution in [-0.2, 0) is 11.2 Å². The van der Waals surface area contributed by atoms with Crippen molar-refractivity contribution in [3.05, 3.63) is 108 Å². The van der Waals surface area contributed by atoms with Gasteiger partial charge in [-0.1, -0.05) is 54.6 Å². The number of phenolic OH excluding ortho intramolecular Hbond substituents is 1. The molecule has 1 aromatic heterocycles. The van der Waals surface area contributed by atoms with E-state index in [9.17, 15) is 19.5 Å². The number of hydrogen-bond donors (Lipinski definition) is 4. The zero-order chi connectivity index (χ0) is 25.1. The van der Waals surface area contributed by atoms with Crippen molar-refractivity contribution in [1.82, 2.24) is 10.9 Å². The van der Waals surface area contributed by atoms with Crippen LogP contribution in [0.5, 0.6) is 5.75 Å². The number of phenols is 1. The van der Waals surface area contributed by atoms with E-state index < -0.39 is 11.8 Å². The Balaban J connectivity index is 1.15. The lowest BCUT2D eigenvalue weighted by molar-refractivity contribution is -0.121. The van der Waals surface area contributed by atoms with Crippen LogP contribution in [0, 0.1) is 0 Å². The van der Waals surface area contributed by atoms with E-state index in [2.05, 4.69) is 16.2 Å². The molecule has 0 saturated carbocycles. The predicted octanol–water partition coefficient (Wildman–Crippen LogP) is 4.55. The van der Waals surface area contributed by atoms with E-state index in [1.54, 1.807) is 42.5 Å². The van der Waals surface area contributed by atoms with Crippen molar-refractivity contribution in [2.75, 3.05) is 5.32 Å². The summed E-state index contributed by atoms with van der Waals surface area (Å²) in [4.78, 5) is 37.2. The summed E-state index contributed by atoms with van der Waals surface area (Å²) in [6.45, 7) is 0. The standard InChI is InChI=1S/C28H21N3O5/c32-23-15-19-6-2-1-5-18(19)14-22(23)27(34)31-30-26(33)13-17-9-11-21(12-10-17)29-28(35)25-16-20-7-3-4-8-24(20)36-25/h1-12,14-16,32H,13H2,(H,29,35)(H,30,33)(H,31,34). The third-order valence-electron chi connectivity index (χ3n) is 5.65. The molecular formula is C28H21N3O5. The molecule has 0 unspecified atom stereocenters. The Morgan fingerprint density at radius 2 is 1.39 bits per heavy atom. The maximum atomic E-state index is 12.5. The Labute approximate surface area is 205 Å². The van der Waals surface area contributed by atoms with Gasteiger partial charge in [-0.2, -0.15) is 0 Å². The lowest BCUT2D eigenvalue weighted by atomic mass is 10.1. The van der Waals surface area contributed by atoms with Crippen LogP contribution in [0.15, 0.2) is 95.4 Å². The number of amides is 3. The molecule has 8 heteroatoms. The third kappa shape index (κ3) is 4.88. The SMILES string of the molecule is O=C(Cc1ccc(NC(=O)c2cc3ccccc3o2)cc1)NNC(=O)c1cc2ccccc2cc1O. The molecule has 0 bridgehead atoms. The number of aromatic hydroxyl groups is 1. The molecular weight excluding hydrogens is 458 g/mol. The number of fused-ring (bicyclic) bond motifs is 2. The van der Waals surface area contributed by atoms with Crippen LogP contribution in [0.3, 0.4) is 0 Å². The highest BCUT2D eigenvalue weighted by atomic mass is 16.3. The second-order valence-electron chi connectivity index (χ2n) is 8.20. The summed E-state index contributed by atoms with van der Waals surface area (Å²) in [7, 11) is 0. The van der Waals surface area contributed by atoms with Gasteiger partial charge < -0.3 is 14.8 Å². The van der Waals surface area contributed by atoms with Gasteiger partial charge in [-0.3, -0.25) is 25.2 Å². The Hall–Kier alpha value is -5.11. The summed E-state index contributed by atoms with van der Waals surface area (Å²) in [6.07, 6.45) is 0.00177. The molecule has 4 N–H and O–H groups in total. The molecule has 178 valence electrons. The number of carbonyl (C=O) groups is 3. The molecule has 5 rings (SSSR count). The topological polar surface area (TPSA) is 121 Å². The van der Waals surface area contributed by atoms with E-state index in [-0.39, 0.29) is 29.4 Å². The summed E-state index contributed by atoms with van der Waals surface area (Å²) < 4.78 is 5.57. The highest BCUT2D eigenvalue weighted by molar-refractivity contribution is 6.05. The number of anilines is 1. The lowest BCUT2D eigenvalue weighted by Crippen LogP contribution is -2.42. The molecule has 0 aliphatic rings. The number of nitrogens with one attached hydrogen (secondary N) is 3. The van der Waals surface area contributed by atoms with Gasteiger partial charge in [0.2, 0.25) is 5.91 Å². The molecule has 0 fully saturated rings. The highest BCUT2D eigenvalue weighted by Crippen LogP contribution is 2.25. The zero-order valence-electron chi connectivity index (χ0n) is 18.9. The molecule has 0 spiro atoms. The fourth-order valence-corrected chi connectivity index (χ4v) is 3.83. The maximum absolute atomic E-state index is 12.5. The molecule has 3 amide bonds. The molecule has 5 aromatic rings. The number of benzene rings is 4. The molecule has 1 heterocycles. The molecule has 8 nitrogen and oxygen atoms in total. The number of para-hydroxylation sites is 1.